The van der Waals surface area contributed by atoms with Gasteiger partial charge in [0.05, 0.1) is 12.0 Å². The van der Waals surface area contributed by atoms with Gasteiger partial charge in [-0.05, 0) is 17.5 Å². The standard InChI is InChI=1S/C11H11NO2S/c1-2-7-3-4-8(5-10(13)14)9(6-12)11(7)15/h3-4,15H,2,5H2,1H3,(H,13,14). The number of nitrogens with zero attached hydrogens (tertiary/aromatic N) is 1. The second kappa shape index (κ2) is 4.85. The molecule has 0 aromatic heterocycles. The van der Waals surface area contributed by atoms with Gasteiger partial charge >= 0.3 is 5.97 Å². The molecule has 1 rings (SSSR count). The molecule has 0 fully saturated rings. The maximum absolute atomic E-state index is 10.6. The van der Waals surface area contributed by atoms with Crippen LogP contribution in [-0.2, 0) is 17.6 Å². The second-order valence-corrected chi connectivity index (χ2v) is 3.59. The summed E-state index contributed by atoms with van der Waals surface area (Å²) in [7, 11) is 0. The lowest BCUT2D eigenvalue weighted by molar-refractivity contribution is -0.136. The summed E-state index contributed by atoms with van der Waals surface area (Å²) in [6.45, 7) is 1.97. The van der Waals surface area contributed by atoms with Crippen LogP contribution < -0.4 is 0 Å². The van der Waals surface area contributed by atoms with Gasteiger partial charge in [-0.25, -0.2) is 0 Å². The first kappa shape index (κ1) is 11.6. The highest BCUT2D eigenvalue weighted by atomic mass is 32.1. The molecule has 78 valence electrons. The molecule has 0 aliphatic heterocycles. The third-order valence-electron chi connectivity index (χ3n) is 2.18. The maximum Gasteiger partial charge on any atom is 0.307 e. The molecule has 1 N–H and O–H groups in total. The molecular weight excluding hydrogens is 210 g/mol. The molecule has 0 aliphatic carbocycles. The minimum Gasteiger partial charge on any atom is -0.481 e. The molecule has 0 unspecified atom stereocenters. The van der Waals surface area contributed by atoms with Crippen LogP contribution in [0.1, 0.15) is 23.6 Å². The van der Waals surface area contributed by atoms with Gasteiger partial charge in [-0.3, -0.25) is 4.79 Å². The van der Waals surface area contributed by atoms with Crippen molar-refractivity contribution < 1.29 is 9.90 Å². The predicted octanol–water partition coefficient (Wildman–Crippen LogP) is 2.04. The fraction of sp³-hybridized carbons (Fsp3) is 0.273. The van der Waals surface area contributed by atoms with Gasteiger partial charge in [0.15, 0.2) is 0 Å². The SMILES string of the molecule is CCc1ccc(CC(=O)O)c(C#N)c1S. The molecule has 0 radical (unpaired) electrons. The number of aliphatic carboxylic acids is 1. The molecule has 0 saturated heterocycles. The van der Waals surface area contributed by atoms with E-state index in [1.807, 2.05) is 19.1 Å². The molecule has 1 aromatic carbocycles. The summed E-state index contributed by atoms with van der Waals surface area (Å²) in [6.07, 6.45) is 0.640. The van der Waals surface area contributed by atoms with Crippen molar-refractivity contribution in [2.75, 3.05) is 0 Å². The summed E-state index contributed by atoms with van der Waals surface area (Å²) in [6, 6.07) is 5.51. The number of carbonyl (C=O) groups is 1. The smallest absolute Gasteiger partial charge is 0.307 e. The number of hydrogen-bond acceptors (Lipinski definition) is 3. The van der Waals surface area contributed by atoms with Crippen molar-refractivity contribution in [3.63, 3.8) is 0 Å². The topological polar surface area (TPSA) is 61.1 Å². The average Bonchev–Trinajstić information content (AvgIpc) is 2.18. The first-order valence-corrected chi connectivity index (χ1v) is 5.00. The van der Waals surface area contributed by atoms with E-state index in [9.17, 15) is 4.79 Å². The van der Waals surface area contributed by atoms with Crippen molar-refractivity contribution in [2.24, 2.45) is 0 Å². The summed E-state index contributed by atoms with van der Waals surface area (Å²) >= 11 is 4.25. The number of carboxylic acids is 1. The van der Waals surface area contributed by atoms with E-state index in [4.69, 9.17) is 10.4 Å². The quantitative estimate of drug-likeness (QED) is 0.768. The lowest BCUT2D eigenvalue weighted by atomic mass is 10.0. The Hall–Kier alpha value is -1.47. The zero-order valence-electron chi connectivity index (χ0n) is 8.32. The molecule has 0 heterocycles. The van der Waals surface area contributed by atoms with Crippen LogP contribution in [0.25, 0.3) is 0 Å². The van der Waals surface area contributed by atoms with E-state index < -0.39 is 5.97 Å². The Morgan fingerprint density at radius 2 is 2.13 bits per heavy atom. The van der Waals surface area contributed by atoms with Gasteiger partial charge in [-0.1, -0.05) is 19.1 Å². The zero-order valence-corrected chi connectivity index (χ0v) is 9.21. The first-order chi connectivity index (χ1) is 7.10. The second-order valence-electron chi connectivity index (χ2n) is 3.14. The highest BCUT2D eigenvalue weighted by Crippen LogP contribution is 2.23. The van der Waals surface area contributed by atoms with Gasteiger partial charge in [-0.2, -0.15) is 5.26 Å². The van der Waals surface area contributed by atoms with Crippen molar-refractivity contribution in [2.45, 2.75) is 24.7 Å². The summed E-state index contributed by atoms with van der Waals surface area (Å²) in [5, 5.41) is 17.6. The van der Waals surface area contributed by atoms with Crippen molar-refractivity contribution in [1.29, 1.82) is 5.26 Å². The Kier molecular flexibility index (Phi) is 3.75. The van der Waals surface area contributed by atoms with Crippen LogP contribution >= 0.6 is 12.6 Å². The third-order valence-corrected chi connectivity index (χ3v) is 2.69. The third kappa shape index (κ3) is 2.51. The predicted molar refractivity (Wildman–Crippen MR) is 59.1 cm³/mol. The fourth-order valence-corrected chi connectivity index (χ4v) is 1.82. The highest BCUT2D eigenvalue weighted by molar-refractivity contribution is 7.80. The number of hydrogen-bond donors (Lipinski definition) is 2. The Bertz CT molecular complexity index is 435. The Balaban J connectivity index is 3.26. The van der Waals surface area contributed by atoms with Gasteiger partial charge in [0.1, 0.15) is 6.07 Å². The first-order valence-electron chi connectivity index (χ1n) is 4.55. The minimum absolute atomic E-state index is 0.138. The average molecular weight is 221 g/mol. The van der Waals surface area contributed by atoms with Crippen molar-refractivity contribution in [1.82, 2.24) is 0 Å². The number of carboxylic acid groups (broad SMARTS) is 1. The largest absolute Gasteiger partial charge is 0.481 e. The van der Waals surface area contributed by atoms with Crippen LogP contribution in [0.4, 0.5) is 0 Å². The number of nitriles is 1. The van der Waals surface area contributed by atoms with E-state index in [0.717, 1.165) is 12.0 Å². The van der Waals surface area contributed by atoms with Crippen LogP contribution in [0.5, 0.6) is 0 Å². The highest BCUT2D eigenvalue weighted by Gasteiger charge is 2.11. The Morgan fingerprint density at radius 3 is 2.60 bits per heavy atom. The maximum atomic E-state index is 10.6. The van der Waals surface area contributed by atoms with E-state index in [0.29, 0.717) is 16.0 Å². The van der Waals surface area contributed by atoms with E-state index in [1.54, 1.807) is 6.07 Å². The Labute approximate surface area is 93.8 Å². The van der Waals surface area contributed by atoms with Gasteiger partial charge in [-0.15, -0.1) is 12.6 Å². The number of aryl methyl sites for hydroxylation is 1. The van der Waals surface area contributed by atoms with Crippen LogP contribution in [0, 0.1) is 11.3 Å². The normalized spacial score (nSPS) is 9.67. The minimum atomic E-state index is -0.941. The summed E-state index contributed by atoms with van der Waals surface area (Å²) in [4.78, 5) is 11.2. The molecule has 3 nitrogen and oxygen atoms in total. The molecule has 0 bridgehead atoms. The van der Waals surface area contributed by atoms with Crippen molar-refractivity contribution >= 4 is 18.6 Å². The number of benzene rings is 1. The molecule has 0 aliphatic rings. The van der Waals surface area contributed by atoms with Gasteiger partial charge in [0.25, 0.3) is 0 Å². The molecule has 0 atom stereocenters. The molecule has 15 heavy (non-hydrogen) atoms. The van der Waals surface area contributed by atoms with Crippen molar-refractivity contribution in [3.05, 3.63) is 28.8 Å². The number of rotatable bonds is 3. The van der Waals surface area contributed by atoms with Crippen LogP contribution in [0.15, 0.2) is 17.0 Å². The summed E-state index contributed by atoms with van der Waals surface area (Å²) in [5.41, 5.74) is 1.86. The summed E-state index contributed by atoms with van der Waals surface area (Å²) < 4.78 is 0. The van der Waals surface area contributed by atoms with E-state index in [1.165, 1.54) is 0 Å². The van der Waals surface area contributed by atoms with Crippen LogP contribution in [-0.4, -0.2) is 11.1 Å². The van der Waals surface area contributed by atoms with Crippen LogP contribution in [0.3, 0.4) is 0 Å². The van der Waals surface area contributed by atoms with Gasteiger partial charge < -0.3 is 5.11 Å². The van der Waals surface area contributed by atoms with Crippen LogP contribution in [0.2, 0.25) is 0 Å². The molecule has 0 saturated carbocycles. The lowest BCUT2D eigenvalue weighted by Crippen LogP contribution is -2.04. The zero-order chi connectivity index (χ0) is 11.4. The lowest BCUT2D eigenvalue weighted by Gasteiger charge is -2.08. The molecular formula is C11H11NO2S. The molecule has 4 heteroatoms. The molecule has 0 spiro atoms. The summed E-state index contributed by atoms with van der Waals surface area (Å²) in [5.74, 6) is -0.941. The Morgan fingerprint density at radius 1 is 1.53 bits per heavy atom. The van der Waals surface area contributed by atoms with E-state index in [-0.39, 0.29) is 6.42 Å². The van der Waals surface area contributed by atoms with Crippen molar-refractivity contribution in [3.8, 4) is 6.07 Å². The van der Waals surface area contributed by atoms with E-state index in [2.05, 4.69) is 12.6 Å². The monoisotopic (exact) mass is 221 g/mol. The number of thiol groups is 1. The molecule has 0 amide bonds. The van der Waals surface area contributed by atoms with Gasteiger partial charge in [0, 0.05) is 4.90 Å². The van der Waals surface area contributed by atoms with Gasteiger partial charge in [0.2, 0.25) is 0 Å². The van der Waals surface area contributed by atoms with E-state index >= 15 is 0 Å². The fourth-order valence-electron chi connectivity index (χ4n) is 1.40. The molecule has 1 aromatic rings.